The van der Waals surface area contributed by atoms with Crippen LogP contribution in [0.2, 0.25) is 0 Å². The van der Waals surface area contributed by atoms with E-state index in [1.165, 1.54) is 0 Å². The van der Waals surface area contributed by atoms with Gasteiger partial charge in [-0.05, 0) is 34.6 Å². The number of rotatable bonds is 2. The van der Waals surface area contributed by atoms with Crippen LogP contribution in [0.3, 0.4) is 0 Å². The van der Waals surface area contributed by atoms with Gasteiger partial charge in [0, 0.05) is 11.4 Å². The van der Waals surface area contributed by atoms with E-state index in [2.05, 4.69) is 0 Å². The summed E-state index contributed by atoms with van der Waals surface area (Å²) < 4.78 is 13.4. The monoisotopic (exact) mass is 203 g/mol. The van der Waals surface area contributed by atoms with E-state index < -0.39 is 11.4 Å². The van der Waals surface area contributed by atoms with Crippen LogP contribution in [0.25, 0.3) is 0 Å². The second-order valence-corrected chi connectivity index (χ2v) is 6.66. The molecule has 1 rings (SSSR count). The van der Waals surface area contributed by atoms with Crippen molar-refractivity contribution in [1.29, 1.82) is 0 Å². The Balaban J connectivity index is 2.63. The number of Topliss-reactive ketones (excluding diaryl/α,β-unsaturated/α-hetero) is 1. The van der Waals surface area contributed by atoms with Crippen LogP contribution in [-0.2, 0) is 16.2 Å². The third-order valence-electron chi connectivity index (χ3n) is 2.17. The van der Waals surface area contributed by atoms with Gasteiger partial charge in [-0.1, -0.05) is 0 Å². The highest BCUT2D eigenvalue weighted by molar-refractivity contribution is 7.90. The lowest BCUT2D eigenvalue weighted by molar-refractivity contribution is -0.117. The van der Waals surface area contributed by atoms with Gasteiger partial charge >= 0.3 is 0 Å². The van der Waals surface area contributed by atoms with E-state index in [9.17, 15) is 9.35 Å². The van der Waals surface area contributed by atoms with Crippen molar-refractivity contribution in [2.75, 3.05) is 0 Å². The highest BCUT2D eigenvalue weighted by atomic mass is 32.2. The molecule has 0 aromatic carbocycles. The molecule has 4 heteroatoms. The van der Waals surface area contributed by atoms with Crippen LogP contribution in [0.4, 0.5) is 0 Å². The van der Waals surface area contributed by atoms with Crippen molar-refractivity contribution < 1.29 is 9.35 Å². The molecular formula is C9H17NO2S. The first-order valence-electron chi connectivity index (χ1n) is 4.47. The summed E-state index contributed by atoms with van der Waals surface area (Å²) in [6.07, 6.45) is 0. The molecule has 0 radical (unpaired) electrons. The van der Waals surface area contributed by atoms with E-state index in [0.717, 1.165) is 0 Å². The molecule has 76 valence electrons. The van der Waals surface area contributed by atoms with Gasteiger partial charge in [-0.2, -0.15) is 0 Å². The first kappa shape index (κ1) is 11.0. The van der Waals surface area contributed by atoms with Gasteiger partial charge in [-0.3, -0.25) is 4.79 Å². The lowest BCUT2D eigenvalue weighted by atomic mass is 10.3. The van der Waals surface area contributed by atoms with Crippen molar-refractivity contribution in [3.8, 4) is 0 Å². The van der Waals surface area contributed by atoms with Gasteiger partial charge in [0.2, 0.25) is 0 Å². The minimum atomic E-state index is -1.05. The standard InChI is InChI=1S/C9H17NO2S/c1-6-8(7(2)11)10(6)13(12)9(3,4)5/h6,8H,1-5H3/t6-,8-,10?,13?/m1/s1. The zero-order chi connectivity index (χ0) is 10.4. The molecule has 1 saturated heterocycles. The molecular weight excluding hydrogens is 186 g/mol. The second kappa shape index (κ2) is 3.26. The highest BCUT2D eigenvalue weighted by Gasteiger charge is 2.58. The number of nitrogens with zero attached hydrogens (tertiary/aromatic N) is 1. The molecule has 1 aliphatic heterocycles. The van der Waals surface area contributed by atoms with Crippen LogP contribution < -0.4 is 0 Å². The number of ketones is 1. The number of hydrogen-bond donors (Lipinski definition) is 0. The quantitative estimate of drug-likeness (QED) is 0.499. The zero-order valence-electron chi connectivity index (χ0n) is 8.83. The molecule has 0 amide bonds. The Morgan fingerprint density at radius 1 is 1.46 bits per heavy atom. The van der Waals surface area contributed by atoms with Crippen molar-refractivity contribution in [1.82, 2.24) is 4.31 Å². The fourth-order valence-corrected chi connectivity index (χ4v) is 2.94. The first-order valence-corrected chi connectivity index (χ1v) is 5.58. The number of hydrogen-bond acceptors (Lipinski definition) is 3. The SMILES string of the molecule is CC(=O)[C@H]1[C@@H](C)N1[S+]([O-])C(C)(C)C. The van der Waals surface area contributed by atoms with Gasteiger partial charge in [0.15, 0.2) is 5.78 Å². The Morgan fingerprint density at radius 2 is 1.92 bits per heavy atom. The summed E-state index contributed by atoms with van der Waals surface area (Å²) >= 11 is -1.05. The molecule has 1 aliphatic rings. The lowest BCUT2D eigenvalue weighted by Crippen LogP contribution is -2.35. The third kappa shape index (κ3) is 2.06. The number of carbonyl (C=O) groups excluding carboxylic acids is 1. The Morgan fingerprint density at radius 3 is 2.15 bits per heavy atom. The highest BCUT2D eigenvalue weighted by Crippen LogP contribution is 2.37. The molecule has 2 unspecified atom stereocenters. The van der Waals surface area contributed by atoms with E-state index in [0.29, 0.717) is 0 Å². The normalized spacial score (nSPS) is 35.7. The molecule has 0 N–H and O–H groups in total. The molecule has 1 fully saturated rings. The molecule has 0 aliphatic carbocycles. The first-order chi connectivity index (χ1) is 5.76. The van der Waals surface area contributed by atoms with Crippen LogP contribution in [0.15, 0.2) is 0 Å². The van der Waals surface area contributed by atoms with Crippen molar-refractivity contribution in [2.45, 2.75) is 51.4 Å². The Hall–Kier alpha value is -0.0600. The van der Waals surface area contributed by atoms with Crippen LogP contribution in [0.5, 0.6) is 0 Å². The molecule has 13 heavy (non-hydrogen) atoms. The van der Waals surface area contributed by atoms with Crippen molar-refractivity contribution >= 4 is 17.1 Å². The molecule has 1 heterocycles. The molecule has 3 nitrogen and oxygen atoms in total. The topological polar surface area (TPSA) is 43.1 Å². The van der Waals surface area contributed by atoms with Crippen LogP contribution >= 0.6 is 0 Å². The number of carbonyl (C=O) groups is 1. The van der Waals surface area contributed by atoms with Gasteiger partial charge in [-0.15, -0.1) is 4.31 Å². The lowest BCUT2D eigenvalue weighted by Gasteiger charge is -2.24. The van der Waals surface area contributed by atoms with Crippen molar-refractivity contribution in [2.24, 2.45) is 0 Å². The molecule has 0 spiro atoms. The van der Waals surface area contributed by atoms with Gasteiger partial charge in [0.25, 0.3) is 0 Å². The second-order valence-electron chi connectivity index (χ2n) is 4.52. The van der Waals surface area contributed by atoms with Crippen molar-refractivity contribution in [3.63, 3.8) is 0 Å². The molecule has 0 bridgehead atoms. The predicted octanol–water partition coefficient (Wildman–Crippen LogP) is 1.11. The largest absolute Gasteiger partial charge is 0.597 e. The maximum absolute atomic E-state index is 11.8. The summed E-state index contributed by atoms with van der Waals surface area (Å²) in [5.41, 5.74) is 0. The summed E-state index contributed by atoms with van der Waals surface area (Å²) in [6.45, 7) is 9.26. The molecule has 0 saturated carbocycles. The maximum Gasteiger partial charge on any atom is 0.153 e. The van der Waals surface area contributed by atoms with Gasteiger partial charge in [0.1, 0.15) is 10.8 Å². The van der Waals surface area contributed by atoms with E-state index in [1.807, 2.05) is 27.7 Å². The van der Waals surface area contributed by atoms with E-state index in [1.54, 1.807) is 11.2 Å². The van der Waals surface area contributed by atoms with E-state index >= 15 is 0 Å². The summed E-state index contributed by atoms with van der Waals surface area (Å²) in [5.74, 6) is 0.116. The van der Waals surface area contributed by atoms with Crippen LogP contribution in [0.1, 0.15) is 34.6 Å². The summed E-state index contributed by atoms with van der Waals surface area (Å²) in [5, 5.41) is 0. The van der Waals surface area contributed by atoms with E-state index in [-0.39, 0.29) is 22.6 Å². The average Bonchev–Trinajstić information content (AvgIpc) is 2.57. The van der Waals surface area contributed by atoms with Crippen LogP contribution in [0, 0.1) is 0 Å². The van der Waals surface area contributed by atoms with Crippen molar-refractivity contribution in [3.05, 3.63) is 0 Å². The maximum atomic E-state index is 11.8. The molecule has 4 atom stereocenters. The summed E-state index contributed by atoms with van der Waals surface area (Å²) in [6, 6.07) is 0.0395. The summed E-state index contributed by atoms with van der Waals surface area (Å²) in [4.78, 5) is 11.1. The predicted molar refractivity (Wildman–Crippen MR) is 53.7 cm³/mol. The van der Waals surface area contributed by atoms with Gasteiger partial charge in [-0.25, -0.2) is 0 Å². The van der Waals surface area contributed by atoms with E-state index in [4.69, 9.17) is 0 Å². The van der Waals surface area contributed by atoms with Crippen LogP contribution in [-0.4, -0.2) is 31.5 Å². The average molecular weight is 203 g/mol. The Bertz CT molecular complexity index is 224. The fourth-order valence-electron chi connectivity index (χ4n) is 1.41. The Labute approximate surface area is 82.8 Å². The fraction of sp³-hybridized carbons (Fsp3) is 0.889. The van der Waals surface area contributed by atoms with Gasteiger partial charge < -0.3 is 4.55 Å². The Kier molecular flexibility index (Phi) is 2.76. The minimum absolute atomic E-state index is 0.111. The smallest absolute Gasteiger partial charge is 0.153 e. The zero-order valence-corrected chi connectivity index (χ0v) is 9.64. The summed E-state index contributed by atoms with van der Waals surface area (Å²) in [7, 11) is 0. The molecule has 0 aromatic rings. The minimum Gasteiger partial charge on any atom is -0.597 e. The van der Waals surface area contributed by atoms with Gasteiger partial charge in [0.05, 0.1) is 6.04 Å². The molecule has 0 aromatic heterocycles. The third-order valence-corrected chi connectivity index (χ3v) is 4.16.